The van der Waals surface area contributed by atoms with Crippen molar-refractivity contribution in [2.24, 2.45) is 0 Å². The molecule has 0 aliphatic heterocycles. The number of fused-ring (bicyclic) bond motifs is 3. The predicted octanol–water partition coefficient (Wildman–Crippen LogP) is 2.39. The Balaban J connectivity index is 1.46. The fourth-order valence-electron chi connectivity index (χ4n) is 3.95. The summed E-state index contributed by atoms with van der Waals surface area (Å²) < 4.78 is 18.9. The van der Waals surface area contributed by atoms with E-state index in [0.717, 1.165) is 59.5 Å². The normalized spacial score (nSPS) is 14.2. The molecule has 8 nitrogen and oxygen atoms in total. The molecule has 0 saturated carbocycles. The second kappa shape index (κ2) is 8.97. The van der Waals surface area contributed by atoms with Crippen molar-refractivity contribution in [1.29, 1.82) is 0 Å². The Hall–Kier alpha value is -2.71. The number of nitrogens with zero attached hydrogens (tertiary/aromatic N) is 3. The molecule has 1 aromatic carbocycles. The van der Waals surface area contributed by atoms with Crippen LogP contribution in [-0.4, -0.2) is 41.1 Å². The van der Waals surface area contributed by atoms with Crippen LogP contribution >= 0.6 is 0 Å². The number of hydrogen-bond acceptors (Lipinski definition) is 7. The zero-order valence-electron chi connectivity index (χ0n) is 17.7. The number of methoxy groups -OCH3 is 1. The maximum Gasteiger partial charge on any atom is 0.339 e. The maximum absolute atomic E-state index is 12.3. The van der Waals surface area contributed by atoms with Crippen LogP contribution < -0.4 is 15.7 Å². The van der Waals surface area contributed by atoms with Gasteiger partial charge in [-0.25, -0.2) is 4.79 Å². The molecule has 2 aromatic heterocycles. The van der Waals surface area contributed by atoms with Gasteiger partial charge in [-0.1, -0.05) is 0 Å². The fourth-order valence-corrected chi connectivity index (χ4v) is 3.95. The molecule has 1 aliphatic carbocycles. The minimum absolute atomic E-state index is 0.0944. The van der Waals surface area contributed by atoms with Gasteiger partial charge in [0.15, 0.2) is 0 Å². The van der Waals surface area contributed by atoms with Crippen LogP contribution in [0.4, 0.5) is 0 Å². The van der Waals surface area contributed by atoms with E-state index in [1.54, 1.807) is 13.4 Å². The Labute approximate surface area is 175 Å². The summed E-state index contributed by atoms with van der Waals surface area (Å²) in [5.41, 5.74) is 3.30. The lowest BCUT2D eigenvalue weighted by atomic mass is 10.0. The van der Waals surface area contributed by atoms with Gasteiger partial charge < -0.3 is 23.8 Å². The molecular formula is C22H28N4O4. The van der Waals surface area contributed by atoms with Crippen molar-refractivity contribution in [3.63, 3.8) is 0 Å². The molecule has 0 bridgehead atoms. The van der Waals surface area contributed by atoms with Crippen LogP contribution in [0.1, 0.15) is 35.9 Å². The molecule has 0 amide bonds. The lowest BCUT2D eigenvalue weighted by Crippen LogP contribution is -2.32. The van der Waals surface area contributed by atoms with Crippen molar-refractivity contribution in [3.05, 3.63) is 51.4 Å². The summed E-state index contributed by atoms with van der Waals surface area (Å²) in [5.74, 6) is 1.64. The average Bonchev–Trinajstić information content (AvgIpc) is 3.38. The third-order valence-electron chi connectivity index (χ3n) is 5.51. The van der Waals surface area contributed by atoms with Gasteiger partial charge in [0.1, 0.15) is 30.1 Å². The molecule has 1 aliphatic rings. The third kappa shape index (κ3) is 4.24. The Bertz CT molecular complexity index is 1090. The van der Waals surface area contributed by atoms with E-state index in [1.807, 2.05) is 23.6 Å². The maximum atomic E-state index is 12.3. The van der Waals surface area contributed by atoms with Crippen LogP contribution in [0.2, 0.25) is 0 Å². The minimum atomic E-state index is -0.209. The van der Waals surface area contributed by atoms with Crippen LogP contribution in [-0.2, 0) is 30.7 Å². The first kappa shape index (κ1) is 20.6. The van der Waals surface area contributed by atoms with E-state index in [4.69, 9.17) is 13.9 Å². The number of aromatic nitrogens is 3. The Kier molecular flexibility index (Phi) is 6.15. The zero-order valence-corrected chi connectivity index (χ0v) is 17.7. The molecule has 1 atom stereocenters. The summed E-state index contributed by atoms with van der Waals surface area (Å²) in [6, 6.07) is 4.03. The van der Waals surface area contributed by atoms with Crippen molar-refractivity contribution in [2.45, 2.75) is 52.2 Å². The molecular weight excluding hydrogens is 384 g/mol. The van der Waals surface area contributed by atoms with Crippen LogP contribution in [0.3, 0.4) is 0 Å². The van der Waals surface area contributed by atoms with Gasteiger partial charge in [-0.05, 0) is 56.4 Å². The summed E-state index contributed by atoms with van der Waals surface area (Å²) in [4.78, 5) is 12.3. The van der Waals surface area contributed by atoms with Gasteiger partial charge in [0, 0.05) is 25.3 Å². The molecule has 3 aromatic rings. The van der Waals surface area contributed by atoms with Crippen LogP contribution in [0.5, 0.6) is 5.75 Å². The molecule has 8 heteroatoms. The van der Waals surface area contributed by atoms with Gasteiger partial charge in [-0.3, -0.25) is 0 Å². The molecule has 0 spiro atoms. The monoisotopic (exact) mass is 412 g/mol. The van der Waals surface area contributed by atoms with Crippen LogP contribution in [0, 0.1) is 6.92 Å². The van der Waals surface area contributed by atoms with Crippen molar-refractivity contribution < 1.29 is 13.9 Å². The number of benzene rings is 1. The van der Waals surface area contributed by atoms with E-state index in [0.29, 0.717) is 25.3 Å². The first-order valence-electron chi connectivity index (χ1n) is 10.4. The molecule has 1 unspecified atom stereocenters. The number of rotatable bonds is 9. The highest BCUT2D eigenvalue weighted by atomic mass is 16.5. The second-order valence-corrected chi connectivity index (χ2v) is 7.86. The van der Waals surface area contributed by atoms with Crippen molar-refractivity contribution in [1.82, 2.24) is 20.1 Å². The van der Waals surface area contributed by atoms with E-state index in [-0.39, 0.29) is 11.7 Å². The smallest absolute Gasteiger partial charge is 0.339 e. The highest BCUT2D eigenvalue weighted by Gasteiger charge is 2.22. The van der Waals surface area contributed by atoms with E-state index in [9.17, 15) is 4.79 Å². The Morgan fingerprint density at radius 2 is 2.13 bits per heavy atom. The molecule has 0 saturated heterocycles. The minimum Gasteiger partial charge on any atom is -0.491 e. The summed E-state index contributed by atoms with van der Waals surface area (Å²) in [6.45, 7) is 6.46. The lowest BCUT2D eigenvalue weighted by Gasteiger charge is -2.17. The Morgan fingerprint density at radius 1 is 1.30 bits per heavy atom. The molecule has 2 heterocycles. The van der Waals surface area contributed by atoms with E-state index < -0.39 is 0 Å². The number of ether oxygens (including phenoxy) is 2. The average molecular weight is 412 g/mol. The van der Waals surface area contributed by atoms with E-state index >= 15 is 0 Å². The predicted molar refractivity (Wildman–Crippen MR) is 113 cm³/mol. The molecule has 30 heavy (non-hydrogen) atoms. The lowest BCUT2D eigenvalue weighted by molar-refractivity contribution is 0.186. The fraction of sp³-hybridized carbons (Fsp3) is 0.500. The summed E-state index contributed by atoms with van der Waals surface area (Å²) in [6.07, 6.45) is 4.36. The molecule has 0 fully saturated rings. The standard InChI is InChI=1S/C22H28N4O4/c1-14-9-18(21-16-5-4-6-17(16)22(27)30-19(21)10-14)29-12-15(2)23-11-20-25-24-13-26(20)7-8-28-3/h9-10,13,15,23H,4-8,11-12H2,1-3H3. The quantitative estimate of drug-likeness (QED) is 0.540. The first-order valence-corrected chi connectivity index (χ1v) is 10.4. The highest BCUT2D eigenvalue weighted by molar-refractivity contribution is 5.88. The summed E-state index contributed by atoms with van der Waals surface area (Å²) in [5, 5.41) is 12.5. The van der Waals surface area contributed by atoms with Gasteiger partial charge in [-0.15, -0.1) is 10.2 Å². The first-order chi connectivity index (χ1) is 14.6. The van der Waals surface area contributed by atoms with Gasteiger partial charge in [-0.2, -0.15) is 0 Å². The molecule has 160 valence electrons. The number of nitrogens with one attached hydrogen (secondary N) is 1. The second-order valence-electron chi connectivity index (χ2n) is 7.86. The largest absolute Gasteiger partial charge is 0.491 e. The highest BCUT2D eigenvalue weighted by Crippen LogP contribution is 2.35. The van der Waals surface area contributed by atoms with Crippen LogP contribution in [0.15, 0.2) is 27.7 Å². The van der Waals surface area contributed by atoms with Crippen molar-refractivity contribution in [2.75, 3.05) is 20.3 Å². The van der Waals surface area contributed by atoms with Gasteiger partial charge in [0.05, 0.1) is 18.5 Å². The zero-order chi connectivity index (χ0) is 21.1. The van der Waals surface area contributed by atoms with Gasteiger partial charge in [0.2, 0.25) is 0 Å². The topological polar surface area (TPSA) is 91.4 Å². The number of hydrogen-bond donors (Lipinski definition) is 1. The van der Waals surface area contributed by atoms with Gasteiger partial charge >= 0.3 is 5.63 Å². The summed E-state index contributed by atoms with van der Waals surface area (Å²) in [7, 11) is 1.68. The molecule has 4 rings (SSSR count). The molecule has 0 radical (unpaired) electrons. The van der Waals surface area contributed by atoms with Gasteiger partial charge in [0.25, 0.3) is 0 Å². The van der Waals surface area contributed by atoms with Crippen molar-refractivity contribution >= 4 is 11.0 Å². The van der Waals surface area contributed by atoms with Crippen LogP contribution in [0.25, 0.3) is 11.0 Å². The van der Waals surface area contributed by atoms with Crippen molar-refractivity contribution in [3.8, 4) is 5.75 Å². The summed E-state index contributed by atoms with van der Waals surface area (Å²) >= 11 is 0. The van der Waals surface area contributed by atoms with E-state index in [1.165, 1.54) is 0 Å². The van der Waals surface area contributed by atoms with E-state index in [2.05, 4.69) is 22.4 Å². The Morgan fingerprint density at radius 3 is 2.97 bits per heavy atom. The molecule has 1 N–H and O–H groups in total. The third-order valence-corrected chi connectivity index (χ3v) is 5.51. The SMILES string of the molecule is COCCn1cnnc1CNC(C)COc1cc(C)cc2oc(=O)c3c(c12)CCC3. The number of aryl methyl sites for hydroxylation is 2.